The van der Waals surface area contributed by atoms with Crippen molar-refractivity contribution < 1.29 is 13.2 Å². The van der Waals surface area contributed by atoms with Gasteiger partial charge in [-0.05, 0) is 51.4 Å². The van der Waals surface area contributed by atoms with Gasteiger partial charge in [-0.3, -0.25) is 4.79 Å². The van der Waals surface area contributed by atoms with Gasteiger partial charge in [0, 0.05) is 11.9 Å². The number of hydrogen-bond acceptors (Lipinski definition) is 4. The summed E-state index contributed by atoms with van der Waals surface area (Å²) in [5.74, 6) is -0.418. The summed E-state index contributed by atoms with van der Waals surface area (Å²) in [6, 6.07) is 5.68. The zero-order valence-electron chi connectivity index (χ0n) is 13.1. The first-order chi connectivity index (χ1) is 9.76. The van der Waals surface area contributed by atoms with Gasteiger partial charge < -0.3 is 10.6 Å². The molecule has 1 aromatic carbocycles. The molecular formula is C15H23ClN2O3S. The molecule has 0 spiro atoms. The number of piperidine rings is 1. The van der Waals surface area contributed by atoms with Crippen LogP contribution in [-0.2, 0) is 14.6 Å². The number of hydrogen-bond donors (Lipinski definition) is 2. The Hall–Kier alpha value is -1.11. The summed E-state index contributed by atoms with van der Waals surface area (Å²) >= 11 is 0. The highest BCUT2D eigenvalue weighted by atomic mass is 35.5. The number of amides is 1. The van der Waals surface area contributed by atoms with E-state index in [-0.39, 0.29) is 12.4 Å². The second-order valence-corrected chi connectivity index (χ2v) is 8.11. The fraction of sp³-hybridized carbons (Fsp3) is 0.533. The van der Waals surface area contributed by atoms with Gasteiger partial charge in [0.05, 0.1) is 0 Å². The van der Waals surface area contributed by atoms with Crippen LogP contribution < -0.4 is 10.6 Å². The van der Waals surface area contributed by atoms with Gasteiger partial charge in [-0.1, -0.05) is 17.7 Å². The summed E-state index contributed by atoms with van der Waals surface area (Å²) in [7, 11) is -3.48. The maximum Gasteiger partial charge on any atom is 0.245 e. The quantitative estimate of drug-likeness (QED) is 0.875. The van der Waals surface area contributed by atoms with Crippen molar-refractivity contribution >= 4 is 33.8 Å². The fourth-order valence-corrected chi connectivity index (χ4v) is 4.12. The average molecular weight is 347 g/mol. The van der Waals surface area contributed by atoms with E-state index < -0.39 is 20.5 Å². The number of anilines is 1. The number of sulfone groups is 1. The molecule has 5 nitrogen and oxygen atoms in total. The molecular weight excluding hydrogens is 324 g/mol. The summed E-state index contributed by atoms with van der Waals surface area (Å²) in [5.41, 5.74) is 2.71. The number of carbonyl (C=O) groups is 1. The molecule has 0 aliphatic carbocycles. The molecule has 0 atom stereocenters. The molecule has 1 saturated heterocycles. The fourth-order valence-electron chi connectivity index (χ4n) is 2.79. The van der Waals surface area contributed by atoms with E-state index in [9.17, 15) is 13.2 Å². The lowest BCUT2D eigenvalue weighted by atomic mass is 9.95. The van der Waals surface area contributed by atoms with E-state index >= 15 is 0 Å². The van der Waals surface area contributed by atoms with E-state index in [0.29, 0.717) is 31.6 Å². The van der Waals surface area contributed by atoms with Crippen molar-refractivity contribution in [2.75, 3.05) is 24.7 Å². The second kappa shape index (κ2) is 6.98. The van der Waals surface area contributed by atoms with Gasteiger partial charge in [0.15, 0.2) is 14.6 Å². The molecule has 2 N–H and O–H groups in total. The van der Waals surface area contributed by atoms with E-state index in [4.69, 9.17) is 0 Å². The van der Waals surface area contributed by atoms with Crippen LogP contribution in [0.1, 0.15) is 24.0 Å². The van der Waals surface area contributed by atoms with Crippen LogP contribution in [0.4, 0.5) is 5.69 Å². The normalized spacial score (nSPS) is 17.4. The van der Waals surface area contributed by atoms with Crippen molar-refractivity contribution in [3.8, 4) is 0 Å². The van der Waals surface area contributed by atoms with Crippen LogP contribution in [0.15, 0.2) is 18.2 Å². The molecule has 22 heavy (non-hydrogen) atoms. The Morgan fingerprint density at radius 3 is 2.32 bits per heavy atom. The molecule has 7 heteroatoms. The number of halogens is 1. The summed E-state index contributed by atoms with van der Waals surface area (Å²) in [4.78, 5) is 12.7. The van der Waals surface area contributed by atoms with Crippen LogP contribution in [0.5, 0.6) is 0 Å². The lowest BCUT2D eigenvalue weighted by Gasteiger charge is -2.34. The molecule has 0 radical (unpaired) electrons. The second-order valence-electron chi connectivity index (χ2n) is 5.79. The molecule has 1 amide bonds. The van der Waals surface area contributed by atoms with E-state index in [0.717, 1.165) is 17.4 Å². The minimum absolute atomic E-state index is 0. The van der Waals surface area contributed by atoms with Crippen LogP contribution in [0.2, 0.25) is 0 Å². The van der Waals surface area contributed by atoms with Crippen LogP contribution in [0.3, 0.4) is 0 Å². The lowest BCUT2D eigenvalue weighted by molar-refractivity contribution is -0.119. The van der Waals surface area contributed by atoms with Crippen molar-refractivity contribution in [1.29, 1.82) is 0 Å². The first-order valence-electron chi connectivity index (χ1n) is 7.05. The van der Waals surface area contributed by atoms with Gasteiger partial charge >= 0.3 is 0 Å². The molecule has 1 aliphatic heterocycles. The van der Waals surface area contributed by atoms with Gasteiger partial charge in [0.1, 0.15) is 0 Å². The maximum atomic E-state index is 12.7. The Bertz CT molecular complexity index is 653. The predicted octanol–water partition coefficient (Wildman–Crippen LogP) is 1.83. The Kier molecular flexibility index (Phi) is 6.01. The van der Waals surface area contributed by atoms with Gasteiger partial charge in [0.25, 0.3) is 0 Å². The minimum Gasteiger partial charge on any atom is -0.324 e. The Morgan fingerprint density at radius 1 is 1.23 bits per heavy atom. The van der Waals surface area contributed by atoms with E-state index in [1.807, 2.05) is 32.0 Å². The zero-order valence-corrected chi connectivity index (χ0v) is 14.7. The molecule has 124 valence electrons. The van der Waals surface area contributed by atoms with E-state index in [1.165, 1.54) is 0 Å². The van der Waals surface area contributed by atoms with Crippen LogP contribution in [0, 0.1) is 13.8 Å². The highest BCUT2D eigenvalue weighted by Gasteiger charge is 2.48. The van der Waals surface area contributed by atoms with E-state index in [1.54, 1.807) is 0 Å². The third-order valence-electron chi connectivity index (χ3n) is 4.16. The van der Waals surface area contributed by atoms with Crippen LogP contribution >= 0.6 is 12.4 Å². The molecule has 0 unspecified atom stereocenters. The van der Waals surface area contributed by atoms with Gasteiger partial charge in [0.2, 0.25) is 5.91 Å². The minimum atomic E-state index is -3.48. The number of nitrogens with one attached hydrogen (secondary N) is 2. The SMILES string of the molecule is Cc1ccc(NC(=O)C2(S(C)(=O)=O)CCNCC2)c(C)c1.Cl. The van der Waals surface area contributed by atoms with Crippen molar-refractivity contribution in [2.24, 2.45) is 0 Å². The lowest BCUT2D eigenvalue weighted by Crippen LogP contribution is -2.55. The molecule has 2 rings (SSSR count). The largest absolute Gasteiger partial charge is 0.324 e. The van der Waals surface area contributed by atoms with Gasteiger partial charge in [-0.2, -0.15) is 0 Å². The van der Waals surface area contributed by atoms with Crippen molar-refractivity contribution in [3.05, 3.63) is 29.3 Å². The predicted molar refractivity (Wildman–Crippen MR) is 91.5 cm³/mol. The van der Waals surface area contributed by atoms with Crippen molar-refractivity contribution in [2.45, 2.75) is 31.4 Å². The number of carbonyl (C=O) groups excluding carboxylic acids is 1. The number of rotatable bonds is 3. The third kappa shape index (κ3) is 3.62. The Balaban J connectivity index is 0.00000242. The molecule has 0 aromatic heterocycles. The Labute approximate surface area is 138 Å². The monoisotopic (exact) mass is 346 g/mol. The Morgan fingerprint density at radius 2 is 1.82 bits per heavy atom. The molecule has 0 bridgehead atoms. The van der Waals surface area contributed by atoms with Crippen molar-refractivity contribution in [1.82, 2.24) is 5.32 Å². The standard InChI is InChI=1S/C15H22N2O3S.ClH/c1-11-4-5-13(12(2)10-11)17-14(18)15(21(3,19)20)6-8-16-9-7-15;/h4-5,10,16H,6-9H2,1-3H3,(H,17,18);1H. The van der Waals surface area contributed by atoms with Crippen LogP contribution in [-0.4, -0.2) is 38.4 Å². The average Bonchev–Trinajstić information content (AvgIpc) is 2.41. The molecule has 1 heterocycles. The maximum absolute atomic E-state index is 12.7. The molecule has 1 aromatic rings. The molecule has 1 fully saturated rings. The summed E-state index contributed by atoms with van der Waals surface area (Å²) in [6.45, 7) is 4.95. The summed E-state index contributed by atoms with van der Waals surface area (Å²) in [6.07, 6.45) is 1.77. The smallest absolute Gasteiger partial charge is 0.245 e. The highest BCUT2D eigenvalue weighted by molar-refractivity contribution is 7.92. The summed E-state index contributed by atoms with van der Waals surface area (Å²) in [5, 5.41) is 5.91. The van der Waals surface area contributed by atoms with Gasteiger partial charge in [-0.15, -0.1) is 12.4 Å². The molecule has 1 aliphatic rings. The van der Waals surface area contributed by atoms with Crippen LogP contribution in [0.25, 0.3) is 0 Å². The molecule has 0 saturated carbocycles. The first-order valence-corrected chi connectivity index (χ1v) is 8.94. The van der Waals surface area contributed by atoms with Crippen molar-refractivity contribution in [3.63, 3.8) is 0 Å². The highest BCUT2D eigenvalue weighted by Crippen LogP contribution is 2.30. The van der Waals surface area contributed by atoms with E-state index in [2.05, 4.69) is 10.6 Å². The summed E-state index contributed by atoms with van der Waals surface area (Å²) < 4.78 is 23.1. The third-order valence-corrected chi connectivity index (χ3v) is 6.18. The number of aryl methyl sites for hydroxylation is 2. The first kappa shape index (κ1) is 18.9. The topological polar surface area (TPSA) is 75.3 Å². The number of benzene rings is 1. The zero-order chi connectivity index (χ0) is 15.7. The van der Waals surface area contributed by atoms with Gasteiger partial charge in [-0.25, -0.2) is 8.42 Å².